The summed E-state index contributed by atoms with van der Waals surface area (Å²) in [7, 11) is 0. The topological polar surface area (TPSA) is 27.0 Å². The lowest BCUT2D eigenvalue weighted by atomic mass is 9.84. The zero-order chi connectivity index (χ0) is 9.10. The van der Waals surface area contributed by atoms with Crippen LogP contribution in [0.1, 0.15) is 38.5 Å². The van der Waals surface area contributed by atoms with Crippen LogP contribution in [0.5, 0.6) is 0 Å². The van der Waals surface area contributed by atoms with Gasteiger partial charge in [0.05, 0.1) is 12.0 Å². The largest absolute Gasteiger partial charge is 0.299 e. The van der Waals surface area contributed by atoms with Crippen molar-refractivity contribution in [2.45, 2.75) is 44.6 Å². The second kappa shape index (κ2) is 4.11. The molecule has 2 fully saturated rings. The van der Waals surface area contributed by atoms with Gasteiger partial charge >= 0.3 is 0 Å². The van der Waals surface area contributed by atoms with E-state index in [-0.39, 0.29) is 0 Å². The fourth-order valence-corrected chi connectivity index (χ4v) is 2.77. The molecule has 0 spiro atoms. The normalized spacial score (nSPS) is 35.9. The molecule has 2 heteroatoms. The van der Waals surface area contributed by atoms with E-state index in [1.54, 1.807) is 0 Å². The first-order valence-electron chi connectivity index (χ1n) is 5.55. The molecule has 1 saturated heterocycles. The van der Waals surface area contributed by atoms with Crippen LogP contribution in [0.25, 0.3) is 0 Å². The van der Waals surface area contributed by atoms with Crippen LogP contribution in [0.3, 0.4) is 0 Å². The van der Waals surface area contributed by atoms with Gasteiger partial charge in [0, 0.05) is 6.04 Å². The molecule has 1 saturated carbocycles. The molecule has 0 aromatic rings. The first kappa shape index (κ1) is 9.02. The standard InChI is InChI=1S/C11H18N2/c12-9-10-5-1-2-6-11(10)13-7-3-4-8-13/h10-11H,1-8H2. The van der Waals surface area contributed by atoms with Crippen molar-refractivity contribution in [3.8, 4) is 6.07 Å². The number of hydrogen-bond acceptors (Lipinski definition) is 2. The van der Waals surface area contributed by atoms with Crippen molar-refractivity contribution in [1.29, 1.82) is 5.26 Å². The summed E-state index contributed by atoms with van der Waals surface area (Å²) >= 11 is 0. The Kier molecular flexibility index (Phi) is 2.85. The van der Waals surface area contributed by atoms with Gasteiger partial charge in [0.2, 0.25) is 0 Å². The molecule has 0 aromatic carbocycles. The second-order valence-electron chi connectivity index (χ2n) is 4.33. The van der Waals surface area contributed by atoms with Crippen LogP contribution in [-0.4, -0.2) is 24.0 Å². The molecule has 0 amide bonds. The van der Waals surface area contributed by atoms with Gasteiger partial charge in [-0.3, -0.25) is 4.90 Å². The fourth-order valence-electron chi connectivity index (χ4n) is 2.77. The van der Waals surface area contributed by atoms with Gasteiger partial charge in [-0.15, -0.1) is 0 Å². The van der Waals surface area contributed by atoms with E-state index in [4.69, 9.17) is 5.26 Å². The van der Waals surface area contributed by atoms with Crippen molar-refractivity contribution in [1.82, 2.24) is 4.90 Å². The zero-order valence-electron chi connectivity index (χ0n) is 8.21. The van der Waals surface area contributed by atoms with Gasteiger partial charge in [0.1, 0.15) is 0 Å². The van der Waals surface area contributed by atoms with Gasteiger partial charge in [-0.05, 0) is 38.8 Å². The average molecular weight is 178 g/mol. The monoisotopic (exact) mass is 178 g/mol. The summed E-state index contributed by atoms with van der Waals surface area (Å²) in [5.74, 6) is 0.326. The minimum absolute atomic E-state index is 0.326. The zero-order valence-corrected chi connectivity index (χ0v) is 8.21. The van der Waals surface area contributed by atoms with Crippen LogP contribution < -0.4 is 0 Å². The maximum atomic E-state index is 9.05. The molecule has 1 aliphatic heterocycles. The molecule has 0 aromatic heterocycles. The first-order valence-corrected chi connectivity index (χ1v) is 5.55. The molecular formula is C11H18N2. The second-order valence-corrected chi connectivity index (χ2v) is 4.33. The maximum Gasteiger partial charge on any atom is 0.0672 e. The van der Waals surface area contributed by atoms with E-state index in [1.165, 1.54) is 45.2 Å². The van der Waals surface area contributed by atoms with E-state index in [1.807, 2.05) is 0 Å². The van der Waals surface area contributed by atoms with Gasteiger partial charge in [-0.25, -0.2) is 0 Å². The lowest BCUT2D eigenvalue weighted by molar-refractivity contribution is 0.156. The van der Waals surface area contributed by atoms with Crippen molar-refractivity contribution in [3.63, 3.8) is 0 Å². The molecule has 1 heterocycles. The van der Waals surface area contributed by atoms with E-state index in [9.17, 15) is 0 Å². The van der Waals surface area contributed by atoms with Crippen LogP contribution in [0, 0.1) is 17.2 Å². The summed E-state index contributed by atoms with van der Waals surface area (Å²) in [6.45, 7) is 2.48. The van der Waals surface area contributed by atoms with E-state index in [2.05, 4.69) is 11.0 Å². The first-order chi connectivity index (χ1) is 6.42. The predicted molar refractivity (Wildman–Crippen MR) is 52.2 cm³/mol. The minimum Gasteiger partial charge on any atom is -0.299 e. The van der Waals surface area contributed by atoms with Crippen LogP contribution >= 0.6 is 0 Å². The van der Waals surface area contributed by atoms with E-state index in [0.717, 1.165) is 6.42 Å². The molecule has 2 nitrogen and oxygen atoms in total. The van der Waals surface area contributed by atoms with E-state index >= 15 is 0 Å². The Bertz CT molecular complexity index is 201. The Morgan fingerprint density at radius 1 is 1.00 bits per heavy atom. The van der Waals surface area contributed by atoms with Crippen LogP contribution in [-0.2, 0) is 0 Å². The summed E-state index contributed by atoms with van der Waals surface area (Å²) in [5.41, 5.74) is 0. The van der Waals surface area contributed by atoms with Crippen molar-refractivity contribution >= 4 is 0 Å². The molecule has 2 aliphatic rings. The molecule has 0 N–H and O–H groups in total. The van der Waals surface area contributed by atoms with Crippen molar-refractivity contribution in [2.75, 3.05) is 13.1 Å². The molecule has 2 rings (SSSR count). The number of nitriles is 1. The molecular weight excluding hydrogens is 160 g/mol. The Balaban J connectivity index is 1.98. The molecule has 0 bridgehead atoms. The highest BCUT2D eigenvalue weighted by Crippen LogP contribution is 2.29. The summed E-state index contributed by atoms with van der Waals surface area (Å²) in [4.78, 5) is 2.55. The Hall–Kier alpha value is -0.550. The van der Waals surface area contributed by atoms with Gasteiger partial charge < -0.3 is 0 Å². The quantitative estimate of drug-likeness (QED) is 0.615. The third-order valence-electron chi connectivity index (χ3n) is 3.50. The summed E-state index contributed by atoms with van der Waals surface area (Å²) in [6, 6.07) is 3.09. The Morgan fingerprint density at radius 3 is 2.38 bits per heavy atom. The number of likely N-dealkylation sites (tertiary alicyclic amines) is 1. The SMILES string of the molecule is N#CC1CCCCC1N1CCCC1. The molecule has 1 aliphatic carbocycles. The maximum absolute atomic E-state index is 9.05. The van der Waals surface area contributed by atoms with E-state index < -0.39 is 0 Å². The molecule has 2 unspecified atom stereocenters. The van der Waals surface area contributed by atoms with Crippen molar-refractivity contribution < 1.29 is 0 Å². The highest BCUT2D eigenvalue weighted by Gasteiger charge is 2.31. The predicted octanol–water partition coefficient (Wildman–Crippen LogP) is 2.16. The minimum atomic E-state index is 0.326. The van der Waals surface area contributed by atoms with Crippen LogP contribution in [0.2, 0.25) is 0 Å². The van der Waals surface area contributed by atoms with Crippen molar-refractivity contribution in [2.24, 2.45) is 5.92 Å². The van der Waals surface area contributed by atoms with E-state index in [0.29, 0.717) is 12.0 Å². The molecule has 72 valence electrons. The highest BCUT2D eigenvalue weighted by molar-refractivity contribution is 4.96. The summed E-state index contributed by atoms with van der Waals surface area (Å²) < 4.78 is 0. The average Bonchev–Trinajstić information content (AvgIpc) is 2.70. The summed E-state index contributed by atoms with van der Waals surface area (Å²) in [6.07, 6.45) is 7.68. The van der Waals surface area contributed by atoms with Crippen LogP contribution in [0.4, 0.5) is 0 Å². The van der Waals surface area contributed by atoms with Gasteiger partial charge in [-0.2, -0.15) is 5.26 Å². The highest BCUT2D eigenvalue weighted by atomic mass is 15.2. The third kappa shape index (κ3) is 1.86. The molecule has 2 atom stereocenters. The fraction of sp³-hybridized carbons (Fsp3) is 0.909. The number of nitrogens with zero attached hydrogens (tertiary/aromatic N) is 2. The summed E-state index contributed by atoms with van der Waals surface area (Å²) in [5, 5.41) is 9.05. The molecule has 13 heavy (non-hydrogen) atoms. The third-order valence-corrected chi connectivity index (χ3v) is 3.50. The number of rotatable bonds is 1. The van der Waals surface area contributed by atoms with Gasteiger partial charge in [0.25, 0.3) is 0 Å². The molecule has 0 radical (unpaired) electrons. The van der Waals surface area contributed by atoms with Gasteiger partial charge in [0.15, 0.2) is 0 Å². The van der Waals surface area contributed by atoms with Crippen molar-refractivity contribution in [3.05, 3.63) is 0 Å². The van der Waals surface area contributed by atoms with Gasteiger partial charge in [-0.1, -0.05) is 12.8 Å². The Morgan fingerprint density at radius 2 is 1.69 bits per heavy atom. The lowest BCUT2D eigenvalue weighted by Crippen LogP contribution is -2.40. The van der Waals surface area contributed by atoms with Crippen LogP contribution in [0.15, 0.2) is 0 Å². The smallest absolute Gasteiger partial charge is 0.0672 e. The Labute approximate surface area is 80.5 Å². The lowest BCUT2D eigenvalue weighted by Gasteiger charge is -2.34. The number of hydrogen-bond donors (Lipinski definition) is 0.